The van der Waals surface area contributed by atoms with E-state index < -0.39 is 0 Å². The predicted octanol–water partition coefficient (Wildman–Crippen LogP) is 5.26. The van der Waals surface area contributed by atoms with Gasteiger partial charge in [0.25, 0.3) is 5.91 Å². The van der Waals surface area contributed by atoms with E-state index in [4.69, 9.17) is 11.6 Å². The molecule has 0 radical (unpaired) electrons. The number of aromatic nitrogens is 2. The summed E-state index contributed by atoms with van der Waals surface area (Å²) in [5.41, 5.74) is 5.47. The quantitative estimate of drug-likeness (QED) is 0.573. The summed E-state index contributed by atoms with van der Waals surface area (Å²) in [4.78, 5) is 17.6. The van der Waals surface area contributed by atoms with Crippen LogP contribution >= 0.6 is 11.6 Å². The third-order valence-corrected chi connectivity index (χ3v) is 6.57. The van der Waals surface area contributed by atoms with Gasteiger partial charge in [-0.2, -0.15) is 5.10 Å². The minimum atomic E-state index is 0.0414. The molecule has 5 nitrogen and oxygen atoms in total. The van der Waals surface area contributed by atoms with Crippen LogP contribution in [0.3, 0.4) is 0 Å². The van der Waals surface area contributed by atoms with Crippen LogP contribution in [0.25, 0.3) is 22.4 Å². The van der Waals surface area contributed by atoms with Gasteiger partial charge >= 0.3 is 0 Å². The molecule has 3 aromatic rings. The molecule has 162 valence electrons. The van der Waals surface area contributed by atoms with Crippen molar-refractivity contribution >= 4 is 17.5 Å². The van der Waals surface area contributed by atoms with Crippen molar-refractivity contribution in [3.63, 3.8) is 0 Å². The van der Waals surface area contributed by atoms with Crippen molar-refractivity contribution < 1.29 is 4.79 Å². The van der Waals surface area contributed by atoms with E-state index in [0.29, 0.717) is 11.7 Å². The number of carbonyl (C=O) groups is 1. The average molecular weight is 437 g/mol. The topological polar surface area (TPSA) is 52.2 Å². The number of likely N-dealkylation sites (N-methyl/N-ethyl adjacent to an activating group) is 1. The highest BCUT2D eigenvalue weighted by Crippen LogP contribution is 2.29. The van der Waals surface area contributed by atoms with Crippen LogP contribution in [0.4, 0.5) is 0 Å². The van der Waals surface area contributed by atoms with Gasteiger partial charge in [0.05, 0.1) is 5.69 Å². The lowest BCUT2D eigenvalue weighted by molar-refractivity contribution is 0.0771. The van der Waals surface area contributed by atoms with Gasteiger partial charge in [-0.25, -0.2) is 0 Å². The van der Waals surface area contributed by atoms with Crippen LogP contribution in [0.1, 0.15) is 36.3 Å². The SMILES string of the molecule is CCN(CC)C1CCN(C(=O)c2[nH]nc(-c3cccc(-c4ccc(Cl)cc4)c3)c2C)C1. The molecule has 6 heteroatoms. The fourth-order valence-electron chi connectivity index (χ4n) is 4.50. The van der Waals surface area contributed by atoms with E-state index in [9.17, 15) is 4.79 Å². The summed E-state index contributed by atoms with van der Waals surface area (Å²) in [6.45, 7) is 9.93. The smallest absolute Gasteiger partial charge is 0.272 e. The van der Waals surface area contributed by atoms with Crippen molar-refractivity contribution in [3.05, 3.63) is 64.8 Å². The third kappa shape index (κ3) is 4.39. The maximum Gasteiger partial charge on any atom is 0.272 e. The van der Waals surface area contributed by atoms with Crippen LogP contribution in [0, 0.1) is 6.92 Å². The Bertz CT molecular complexity index is 1060. The minimum absolute atomic E-state index is 0.0414. The minimum Gasteiger partial charge on any atom is -0.336 e. The number of rotatable bonds is 6. The van der Waals surface area contributed by atoms with E-state index >= 15 is 0 Å². The first-order valence-electron chi connectivity index (χ1n) is 11.0. The number of hydrogen-bond donors (Lipinski definition) is 1. The molecule has 1 amide bonds. The van der Waals surface area contributed by atoms with Gasteiger partial charge in [0.2, 0.25) is 0 Å². The second kappa shape index (κ2) is 9.25. The molecule has 1 aliphatic heterocycles. The second-order valence-electron chi connectivity index (χ2n) is 8.07. The second-order valence-corrected chi connectivity index (χ2v) is 8.51. The molecule has 1 fully saturated rings. The Kier molecular flexibility index (Phi) is 6.44. The third-order valence-electron chi connectivity index (χ3n) is 6.32. The molecule has 0 spiro atoms. The van der Waals surface area contributed by atoms with Crippen LogP contribution in [0.2, 0.25) is 5.02 Å². The number of likely N-dealkylation sites (tertiary alicyclic amines) is 1. The highest BCUT2D eigenvalue weighted by molar-refractivity contribution is 6.30. The largest absolute Gasteiger partial charge is 0.336 e. The summed E-state index contributed by atoms with van der Waals surface area (Å²) in [5, 5.41) is 8.24. The van der Waals surface area contributed by atoms with E-state index in [1.165, 1.54) is 0 Å². The average Bonchev–Trinajstić information content (AvgIpc) is 3.42. The zero-order valence-electron chi connectivity index (χ0n) is 18.4. The molecule has 1 aliphatic rings. The van der Waals surface area contributed by atoms with Gasteiger partial charge in [-0.15, -0.1) is 0 Å². The van der Waals surface area contributed by atoms with Crippen molar-refractivity contribution in [2.24, 2.45) is 0 Å². The first kappa shape index (κ1) is 21.6. The molecule has 0 bridgehead atoms. The Hall–Kier alpha value is -2.63. The van der Waals surface area contributed by atoms with Gasteiger partial charge in [0.15, 0.2) is 0 Å². The zero-order chi connectivity index (χ0) is 22.0. The maximum atomic E-state index is 13.2. The summed E-state index contributed by atoms with van der Waals surface area (Å²) < 4.78 is 0. The molecular weight excluding hydrogens is 408 g/mol. The maximum absolute atomic E-state index is 13.2. The number of nitrogens with one attached hydrogen (secondary N) is 1. The number of H-pyrrole nitrogens is 1. The molecule has 1 N–H and O–H groups in total. The molecule has 0 aliphatic carbocycles. The van der Waals surface area contributed by atoms with Crippen molar-refractivity contribution in [2.75, 3.05) is 26.2 Å². The zero-order valence-corrected chi connectivity index (χ0v) is 19.1. The standard InChI is InChI=1S/C25H29ClN4O/c1-4-29(5-2)22-13-14-30(16-22)25(31)24-17(3)23(27-28-24)20-8-6-7-19(15-20)18-9-11-21(26)12-10-18/h6-12,15,22H,4-5,13-14,16H2,1-3H3,(H,27,28). The lowest BCUT2D eigenvalue weighted by atomic mass is 10.00. The highest BCUT2D eigenvalue weighted by Gasteiger charge is 2.31. The molecule has 1 aromatic heterocycles. The Balaban J connectivity index is 1.56. The summed E-state index contributed by atoms with van der Waals surface area (Å²) in [5.74, 6) is 0.0414. The Morgan fingerprint density at radius 2 is 1.84 bits per heavy atom. The van der Waals surface area contributed by atoms with E-state index in [0.717, 1.165) is 65.6 Å². The Morgan fingerprint density at radius 1 is 1.13 bits per heavy atom. The molecule has 4 rings (SSSR count). The molecule has 1 saturated heterocycles. The first-order chi connectivity index (χ1) is 15.0. The number of nitrogens with zero attached hydrogens (tertiary/aromatic N) is 3. The summed E-state index contributed by atoms with van der Waals surface area (Å²) in [6, 6.07) is 16.5. The number of carbonyl (C=O) groups excluding carboxylic acids is 1. The van der Waals surface area contributed by atoms with E-state index in [2.05, 4.69) is 41.1 Å². The molecule has 2 aromatic carbocycles. The number of halogens is 1. The molecule has 2 heterocycles. The summed E-state index contributed by atoms with van der Waals surface area (Å²) >= 11 is 6.02. The first-order valence-corrected chi connectivity index (χ1v) is 11.3. The normalized spacial score (nSPS) is 16.3. The molecule has 1 unspecified atom stereocenters. The lowest BCUT2D eigenvalue weighted by Crippen LogP contribution is -2.38. The van der Waals surface area contributed by atoms with Crippen LogP contribution in [0.15, 0.2) is 48.5 Å². The fraction of sp³-hybridized carbons (Fsp3) is 0.360. The van der Waals surface area contributed by atoms with Crippen LogP contribution < -0.4 is 0 Å². The summed E-state index contributed by atoms with van der Waals surface area (Å²) in [7, 11) is 0. The molecule has 1 atom stereocenters. The predicted molar refractivity (Wildman–Crippen MR) is 126 cm³/mol. The van der Waals surface area contributed by atoms with E-state index in [1.807, 2.05) is 48.2 Å². The van der Waals surface area contributed by atoms with Gasteiger partial charge in [-0.1, -0.05) is 55.8 Å². The van der Waals surface area contributed by atoms with Crippen molar-refractivity contribution in [2.45, 2.75) is 33.2 Å². The van der Waals surface area contributed by atoms with E-state index in [-0.39, 0.29) is 5.91 Å². The van der Waals surface area contributed by atoms with Gasteiger partial charge in [0.1, 0.15) is 5.69 Å². The van der Waals surface area contributed by atoms with E-state index in [1.54, 1.807) is 0 Å². The van der Waals surface area contributed by atoms with Crippen LogP contribution in [-0.2, 0) is 0 Å². The number of hydrogen-bond acceptors (Lipinski definition) is 3. The molecule has 31 heavy (non-hydrogen) atoms. The van der Waals surface area contributed by atoms with Gasteiger partial charge < -0.3 is 4.90 Å². The number of amides is 1. The highest BCUT2D eigenvalue weighted by atomic mass is 35.5. The van der Waals surface area contributed by atoms with Crippen molar-refractivity contribution in [3.8, 4) is 22.4 Å². The van der Waals surface area contributed by atoms with Gasteiger partial charge in [-0.05, 0) is 55.8 Å². The fourth-order valence-corrected chi connectivity index (χ4v) is 4.62. The molecular formula is C25H29ClN4O. The number of benzene rings is 2. The Labute approximate surface area is 189 Å². The van der Waals surface area contributed by atoms with Crippen LogP contribution in [-0.4, -0.2) is 58.1 Å². The summed E-state index contributed by atoms with van der Waals surface area (Å²) in [6.07, 6.45) is 1.02. The van der Waals surface area contributed by atoms with Gasteiger partial charge in [-0.3, -0.25) is 14.8 Å². The van der Waals surface area contributed by atoms with Crippen molar-refractivity contribution in [1.29, 1.82) is 0 Å². The molecule has 0 saturated carbocycles. The van der Waals surface area contributed by atoms with Crippen LogP contribution in [0.5, 0.6) is 0 Å². The lowest BCUT2D eigenvalue weighted by Gasteiger charge is -2.26. The monoisotopic (exact) mass is 436 g/mol. The Morgan fingerprint density at radius 3 is 2.55 bits per heavy atom. The number of aromatic amines is 1. The van der Waals surface area contributed by atoms with Gasteiger partial charge in [0, 0.05) is 35.3 Å². The van der Waals surface area contributed by atoms with Crippen molar-refractivity contribution in [1.82, 2.24) is 20.0 Å².